The minimum absolute atomic E-state index is 0.113. The van der Waals surface area contributed by atoms with Gasteiger partial charge in [-0.15, -0.1) is 0 Å². The summed E-state index contributed by atoms with van der Waals surface area (Å²) < 4.78 is 0. The van der Waals surface area contributed by atoms with Crippen molar-refractivity contribution in [3.63, 3.8) is 0 Å². The molecule has 13 heteroatoms. The van der Waals surface area contributed by atoms with E-state index in [0.29, 0.717) is 19.3 Å². The lowest BCUT2D eigenvalue weighted by Crippen LogP contribution is -2.54. The van der Waals surface area contributed by atoms with Gasteiger partial charge < -0.3 is 26.4 Å². The third kappa shape index (κ3) is 18.6. The highest BCUT2D eigenvalue weighted by Crippen LogP contribution is 2.11. The van der Waals surface area contributed by atoms with E-state index in [2.05, 4.69) is 22.5 Å². The zero-order valence-electron chi connectivity index (χ0n) is 21.5. The van der Waals surface area contributed by atoms with Crippen molar-refractivity contribution in [2.45, 2.75) is 110 Å². The molecular weight excluding hydrogens is 455 g/mol. The van der Waals surface area contributed by atoms with Crippen LogP contribution in [0.15, 0.2) is 4.99 Å². The maximum absolute atomic E-state index is 12.8. The molecule has 0 aliphatic heterocycles. The summed E-state index contributed by atoms with van der Waals surface area (Å²) >= 11 is 0. The number of nitro groups is 1. The summed E-state index contributed by atoms with van der Waals surface area (Å²) in [6.45, 7) is 6.08. The first-order chi connectivity index (χ1) is 16.6. The number of nitrogens with one attached hydrogen (secondary N) is 3. The van der Waals surface area contributed by atoms with Gasteiger partial charge in [0.2, 0.25) is 11.8 Å². The normalized spacial score (nSPS) is 13.3. The Morgan fingerprint density at radius 1 is 1.03 bits per heavy atom. The van der Waals surface area contributed by atoms with Gasteiger partial charge in [-0.05, 0) is 31.6 Å². The highest BCUT2D eigenvalue weighted by molar-refractivity contribution is 6.43. The van der Waals surface area contributed by atoms with Crippen LogP contribution in [0.25, 0.3) is 0 Å². The number of nitrogens with zero attached hydrogens (tertiary/aromatic N) is 2. The van der Waals surface area contributed by atoms with E-state index < -0.39 is 30.0 Å². The van der Waals surface area contributed by atoms with Crippen molar-refractivity contribution in [2.75, 3.05) is 6.54 Å². The number of hydrogen-bond acceptors (Lipinski definition) is 7. The molecule has 0 aromatic heterocycles. The van der Waals surface area contributed by atoms with Crippen molar-refractivity contribution in [1.82, 2.24) is 16.1 Å². The highest BCUT2D eigenvalue weighted by Gasteiger charge is 2.29. The smallest absolute Gasteiger partial charge is 0.426 e. The predicted molar refractivity (Wildman–Crippen MR) is 137 cm³/mol. The SMILES string of the molecule is CCCCCCCCCCC(=O)N[C@@H](CCCN=C(N)N[N+](=O)[O-])C(=O)N[C@@H](CC(C)C)B(O)O. The zero-order chi connectivity index (χ0) is 26.6. The lowest BCUT2D eigenvalue weighted by molar-refractivity contribution is -0.525. The van der Waals surface area contributed by atoms with E-state index in [-0.39, 0.29) is 30.8 Å². The van der Waals surface area contributed by atoms with Crippen molar-refractivity contribution in [1.29, 1.82) is 0 Å². The number of nitrogens with two attached hydrogens (primary N) is 1. The van der Waals surface area contributed by atoms with E-state index in [1.165, 1.54) is 25.7 Å². The number of hydrazine groups is 1. The number of carbonyl (C=O) groups excluding carboxylic acids is 2. The second-order valence-corrected chi connectivity index (χ2v) is 9.28. The van der Waals surface area contributed by atoms with Crippen molar-refractivity contribution in [2.24, 2.45) is 16.6 Å². The van der Waals surface area contributed by atoms with Gasteiger partial charge in [0.1, 0.15) is 6.04 Å². The molecule has 2 atom stereocenters. The van der Waals surface area contributed by atoms with Crippen molar-refractivity contribution in [3.8, 4) is 0 Å². The second-order valence-electron chi connectivity index (χ2n) is 9.28. The van der Waals surface area contributed by atoms with Gasteiger partial charge in [-0.2, -0.15) is 0 Å². The first-order valence-corrected chi connectivity index (χ1v) is 12.7. The van der Waals surface area contributed by atoms with Gasteiger partial charge in [-0.25, -0.2) is 15.1 Å². The van der Waals surface area contributed by atoms with E-state index in [9.17, 15) is 29.8 Å². The summed E-state index contributed by atoms with van der Waals surface area (Å²) in [6.07, 6.45) is 10.0. The van der Waals surface area contributed by atoms with Crippen LogP contribution >= 0.6 is 0 Å². The molecule has 0 heterocycles. The average molecular weight is 500 g/mol. The van der Waals surface area contributed by atoms with Crippen LogP contribution in [0.5, 0.6) is 0 Å². The van der Waals surface area contributed by atoms with Crippen LogP contribution in [-0.2, 0) is 9.59 Å². The monoisotopic (exact) mass is 500 g/mol. The third-order valence-corrected chi connectivity index (χ3v) is 5.46. The van der Waals surface area contributed by atoms with Crippen LogP contribution in [0.2, 0.25) is 0 Å². The summed E-state index contributed by atoms with van der Waals surface area (Å²) in [7, 11) is -1.73. The van der Waals surface area contributed by atoms with Crippen molar-refractivity contribution < 1.29 is 24.7 Å². The number of unbranched alkanes of at least 4 members (excludes halogenated alkanes) is 7. The van der Waals surface area contributed by atoms with Gasteiger partial charge in [0.25, 0.3) is 5.96 Å². The van der Waals surface area contributed by atoms with E-state index in [1.54, 1.807) is 5.43 Å². The molecule has 0 saturated heterocycles. The Labute approximate surface area is 209 Å². The van der Waals surface area contributed by atoms with E-state index in [1.807, 2.05) is 13.8 Å². The van der Waals surface area contributed by atoms with Gasteiger partial charge >= 0.3 is 7.12 Å². The Bertz CT molecular complexity index is 650. The number of carbonyl (C=O) groups is 2. The second kappa shape index (κ2) is 19.9. The highest BCUT2D eigenvalue weighted by atomic mass is 16.7. The van der Waals surface area contributed by atoms with Gasteiger partial charge in [0.05, 0.1) is 5.94 Å². The Balaban J connectivity index is 4.81. The maximum atomic E-state index is 12.8. The minimum atomic E-state index is -1.73. The summed E-state index contributed by atoms with van der Waals surface area (Å²) in [6, 6.07) is -0.898. The van der Waals surface area contributed by atoms with Gasteiger partial charge in [0.15, 0.2) is 5.03 Å². The molecule has 0 aromatic rings. The van der Waals surface area contributed by atoms with Crippen LogP contribution in [-0.4, -0.2) is 58.5 Å². The molecule has 7 N–H and O–H groups in total. The Kier molecular flexibility index (Phi) is 18.5. The Morgan fingerprint density at radius 2 is 1.63 bits per heavy atom. The van der Waals surface area contributed by atoms with Crippen LogP contribution in [0, 0.1) is 16.0 Å². The molecule has 202 valence electrons. The number of guanidine groups is 1. The predicted octanol–water partition coefficient (Wildman–Crippen LogP) is 1.42. The number of aliphatic imine (C=N–C) groups is 1. The molecule has 2 amide bonds. The molecule has 12 nitrogen and oxygen atoms in total. The molecule has 0 aromatic carbocycles. The molecule has 0 radical (unpaired) electrons. The average Bonchev–Trinajstić information content (AvgIpc) is 2.76. The largest absolute Gasteiger partial charge is 0.475 e. The lowest BCUT2D eigenvalue weighted by Gasteiger charge is -2.24. The molecule has 0 rings (SSSR count). The van der Waals surface area contributed by atoms with Crippen LogP contribution in [0.4, 0.5) is 0 Å². The maximum Gasteiger partial charge on any atom is 0.475 e. The van der Waals surface area contributed by atoms with Gasteiger partial charge in [-0.3, -0.25) is 9.59 Å². The fraction of sp³-hybridized carbons (Fsp3) is 0.864. The topological polar surface area (TPSA) is 192 Å². The summed E-state index contributed by atoms with van der Waals surface area (Å²) in [4.78, 5) is 39.5. The summed E-state index contributed by atoms with van der Waals surface area (Å²) in [5.74, 6) is -1.88. The van der Waals surface area contributed by atoms with Crippen LogP contribution in [0.1, 0.15) is 97.8 Å². The molecule has 0 saturated carbocycles. The Hall–Kier alpha value is -2.41. The van der Waals surface area contributed by atoms with Gasteiger partial charge in [0, 0.05) is 13.0 Å². The summed E-state index contributed by atoms with van der Waals surface area (Å²) in [5, 5.41) is 34.1. The first kappa shape index (κ1) is 32.6. The van der Waals surface area contributed by atoms with Crippen molar-refractivity contribution >= 4 is 24.9 Å². The quantitative estimate of drug-likeness (QED) is 0.0361. The number of amides is 2. The third-order valence-electron chi connectivity index (χ3n) is 5.46. The Morgan fingerprint density at radius 3 is 2.17 bits per heavy atom. The molecule has 0 spiro atoms. The van der Waals surface area contributed by atoms with Gasteiger partial charge in [-0.1, -0.05) is 71.1 Å². The molecule has 0 bridgehead atoms. The first-order valence-electron chi connectivity index (χ1n) is 12.7. The summed E-state index contributed by atoms with van der Waals surface area (Å²) in [5.41, 5.74) is 7.12. The molecule has 0 aliphatic rings. The fourth-order valence-electron chi connectivity index (χ4n) is 3.62. The molecule has 35 heavy (non-hydrogen) atoms. The van der Waals surface area contributed by atoms with Crippen LogP contribution in [0.3, 0.4) is 0 Å². The number of hydrogen-bond donors (Lipinski definition) is 6. The standard InChI is InChI=1S/C22H45BN6O6/c1-4-5-6-7-8-9-10-11-14-20(30)26-18(13-12-15-25-22(24)28-29(34)35)21(31)27-19(23(32)33)16-17(2)3/h17-19,32-33H,4-16H2,1-3H3,(H,26,30)(H,27,31)(H3,24,25,28)/t18-,19-/m0/s1. The van der Waals surface area contributed by atoms with Crippen LogP contribution < -0.4 is 21.8 Å². The van der Waals surface area contributed by atoms with Crippen molar-refractivity contribution in [3.05, 3.63) is 10.1 Å². The number of rotatable bonds is 20. The minimum Gasteiger partial charge on any atom is -0.426 e. The molecule has 0 fully saturated rings. The molecule has 0 unspecified atom stereocenters. The zero-order valence-corrected chi connectivity index (χ0v) is 21.5. The molecule has 0 aliphatic carbocycles. The van der Waals surface area contributed by atoms with E-state index >= 15 is 0 Å². The van der Waals surface area contributed by atoms with E-state index in [4.69, 9.17) is 5.73 Å². The fourth-order valence-corrected chi connectivity index (χ4v) is 3.62. The van der Waals surface area contributed by atoms with E-state index in [0.717, 1.165) is 25.7 Å². The lowest BCUT2D eigenvalue weighted by atomic mass is 9.75. The molecular formula is C22H45BN6O6.